The Morgan fingerprint density at radius 2 is 2.19 bits per heavy atom. The van der Waals surface area contributed by atoms with Crippen LogP contribution in [0.4, 0.5) is 0 Å². The van der Waals surface area contributed by atoms with Crippen LogP contribution in [0.2, 0.25) is 0 Å². The molecule has 0 saturated carbocycles. The molecule has 0 aromatic carbocycles. The van der Waals surface area contributed by atoms with Gasteiger partial charge in [0.15, 0.2) is 0 Å². The highest BCUT2D eigenvalue weighted by Crippen LogP contribution is 2.16. The van der Waals surface area contributed by atoms with E-state index in [-0.39, 0.29) is 11.8 Å². The Bertz CT molecular complexity index is 528. The molecule has 2 amide bonds. The molecule has 114 valence electrons. The molecule has 0 bridgehead atoms. The Morgan fingerprint density at radius 1 is 1.43 bits per heavy atom. The summed E-state index contributed by atoms with van der Waals surface area (Å²) in [5.41, 5.74) is 2.14. The van der Waals surface area contributed by atoms with Crippen LogP contribution in [-0.2, 0) is 16.1 Å². The summed E-state index contributed by atoms with van der Waals surface area (Å²) in [5, 5.41) is 2.85. The molecule has 0 spiro atoms. The van der Waals surface area contributed by atoms with Gasteiger partial charge in [-0.1, -0.05) is 13.8 Å². The van der Waals surface area contributed by atoms with E-state index in [0.29, 0.717) is 31.8 Å². The second kappa shape index (κ2) is 6.70. The Kier molecular flexibility index (Phi) is 4.94. The predicted molar refractivity (Wildman–Crippen MR) is 80.4 cm³/mol. The van der Waals surface area contributed by atoms with E-state index in [1.54, 1.807) is 17.3 Å². The Labute approximate surface area is 125 Å². The molecular weight excluding hydrogens is 266 g/mol. The van der Waals surface area contributed by atoms with E-state index in [0.717, 1.165) is 11.1 Å². The fourth-order valence-electron chi connectivity index (χ4n) is 2.57. The quantitative estimate of drug-likeness (QED) is 0.917. The zero-order chi connectivity index (χ0) is 15.4. The third kappa shape index (κ3) is 4.03. The number of hydrogen-bond acceptors (Lipinski definition) is 3. The van der Waals surface area contributed by atoms with Crippen molar-refractivity contribution in [1.29, 1.82) is 0 Å². The number of carbonyl (C=O) groups is 2. The van der Waals surface area contributed by atoms with Gasteiger partial charge in [-0.2, -0.15) is 0 Å². The predicted octanol–water partition coefficient (Wildman–Crippen LogP) is 1.65. The molecule has 1 aromatic heterocycles. The molecule has 2 rings (SSSR count). The standard InChI is InChI=1S/C16H23N3O2/c1-11(2)8-14-16(21)19(7-5-15(20)18-14)10-13-4-6-17-9-12(13)3/h4,6,9,11,14H,5,7-8,10H2,1-3H3,(H,18,20). The smallest absolute Gasteiger partial charge is 0.245 e. The summed E-state index contributed by atoms with van der Waals surface area (Å²) in [7, 11) is 0. The highest BCUT2D eigenvalue weighted by Gasteiger charge is 2.30. The summed E-state index contributed by atoms with van der Waals surface area (Å²) in [6.07, 6.45) is 4.58. The van der Waals surface area contributed by atoms with Crippen molar-refractivity contribution in [3.63, 3.8) is 0 Å². The minimum atomic E-state index is -0.401. The molecule has 2 heterocycles. The number of nitrogens with zero attached hydrogens (tertiary/aromatic N) is 2. The Hall–Kier alpha value is -1.91. The second-order valence-electron chi connectivity index (χ2n) is 6.06. The maximum atomic E-state index is 12.6. The van der Waals surface area contributed by atoms with E-state index < -0.39 is 6.04 Å². The van der Waals surface area contributed by atoms with Crippen molar-refractivity contribution in [3.8, 4) is 0 Å². The summed E-state index contributed by atoms with van der Waals surface area (Å²) < 4.78 is 0. The molecule has 1 N–H and O–H groups in total. The van der Waals surface area contributed by atoms with Gasteiger partial charge in [-0.05, 0) is 36.5 Å². The summed E-state index contributed by atoms with van der Waals surface area (Å²) in [6.45, 7) is 7.11. The lowest BCUT2D eigenvalue weighted by molar-refractivity contribution is -0.134. The van der Waals surface area contributed by atoms with Crippen LogP contribution in [0, 0.1) is 12.8 Å². The van der Waals surface area contributed by atoms with Crippen LogP contribution in [0.1, 0.15) is 37.8 Å². The molecule has 1 unspecified atom stereocenters. The molecule has 1 aliphatic rings. The van der Waals surface area contributed by atoms with Gasteiger partial charge in [0.05, 0.1) is 0 Å². The first kappa shape index (κ1) is 15.5. The molecule has 5 heteroatoms. The normalized spacial score (nSPS) is 19.6. The van der Waals surface area contributed by atoms with Crippen molar-refractivity contribution >= 4 is 11.8 Å². The Morgan fingerprint density at radius 3 is 2.86 bits per heavy atom. The van der Waals surface area contributed by atoms with Gasteiger partial charge < -0.3 is 10.2 Å². The third-order valence-corrected chi connectivity index (χ3v) is 3.76. The number of amides is 2. The number of carbonyl (C=O) groups excluding carboxylic acids is 2. The van der Waals surface area contributed by atoms with Gasteiger partial charge in [-0.3, -0.25) is 14.6 Å². The van der Waals surface area contributed by atoms with E-state index in [4.69, 9.17) is 0 Å². The van der Waals surface area contributed by atoms with E-state index in [2.05, 4.69) is 24.1 Å². The van der Waals surface area contributed by atoms with Gasteiger partial charge in [-0.15, -0.1) is 0 Å². The number of hydrogen-bond donors (Lipinski definition) is 1. The third-order valence-electron chi connectivity index (χ3n) is 3.76. The maximum absolute atomic E-state index is 12.6. The molecule has 0 aliphatic carbocycles. The van der Waals surface area contributed by atoms with Gasteiger partial charge in [0.2, 0.25) is 11.8 Å². The highest BCUT2D eigenvalue weighted by atomic mass is 16.2. The van der Waals surface area contributed by atoms with Crippen LogP contribution in [0.5, 0.6) is 0 Å². The summed E-state index contributed by atoms with van der Waals surface area (Å²) >= 11 is 0. The van der Waals surface area contributed by atoms with E-state index in [1.807, 2.05) is 13.0 Å². The van der Waals surface area contributed by atoms with Crippen molar-refractivity contribution in [2.75, 3.05) is 6.54 Å². The minimum absolute atomic E-state index is 0.0192. The van der Waals surface area contributed by atoms with Crippen LogP contribution < -0.4 is 5.32 Å². The molecule has 0 radical (unpaired) electrons. The van der Waals surface area contributed by atoms with E-state index in [1.165, 1.54) is 0 Å². The van der Waals surface area contributed by atoms with Crippen molar-refractivity contribution in [2.45, 2.75) is 46.2 Å². The number of aromatic nitrogens is 1. The Balaban J connectivity index is 2.15. The average Bonchev–Trinajstić information content (AvgIpc) is 2.54. The summed E-state index contributed by atoms with van der Waals surface area (Å²) in [5.74, 6) is 0.343. The van der Waals surface area contributed by atoms with E-state index >= 15 is 0 Å². The molecule has 1 saturated heterocycles. The number of rotatable bonds is 4. The molecule has 5 nitrogen and oxygen atoms in total. The lowest BCUT2D eigenvalue weighted by atomic mass is 10.0. The van der Waals surface area contributed by atoms with Gasteiger partial charge in [0, 0.05) is 31.9 Å². The summed E-state index contributed by atoms with van der Waals surface area (Å²) in [4.78, 5) is 30.3. The van der Waals surface area contributed by atoms with Crippen molar-refractivity contribution in [2.24, 2.45) is 5.92 Å². The van der Waals surface area contributed by atoms with Gasteiger partial charge >= 0.3 is 0 Å². The SMILES string of the molecule is Cc1cnccc1CN1CCC(=O)NC(CC(C)C)C1=O. The fraction of sp³-hybridized carbons (Fsp3) is 0.562. The summed E-state index contributed by atoms with van der Waals surface area (Å²) in [6, 6.07) is 1.53. The highest BCUT2D eigenvalue weighted by molar-refractivity contribution is 5.89. The monoisotopic (exact) mass is 289 g/mol. The average molecular weight is 289 g/mol. The number of nitrogens with one attached hydrogen (secondary N) is 1. The molecule has 21 heavy (non-hydrogen) atoms. The lowest BCUT2D eigenvalue weighted by Crippen LogP contribution is -2.45. The minimum Gasteiger partial charge on any atom is -0.344 e. The first-order valence-electron chi connectivity index (χ1n) is 7.45. The second-order valence-corrected chi connectivity index (χ2v) is 6.06. The molecule has 1 fully saturated rings. The zero-order valence-electron chi connectivity index (χ0n) is 12.9. The van der Waals surface area contributed by atoms with Crippen LogP contribution in [-0.4, -0.2) is 34.3 Å². The molecular formula is C16H23N3O2. The van der Waals surface area contributed by atoms with Crippen LogP contribution in [0.25, 0.3) is 0 Å². The van der Waals surface area contributed by atoms with E-state index in [9.17, 15) is 9.59 Å². The van der Waals surface area contributed by atoms with Crippen molar-refractivity contribution in [3.05, 3.63) is 29.6 Å². The largest absolute Gasteiger partial charge is 0.344 e. The van der Waals surface area contributed by atoms with Crippen molar-refractivity contribution in [1.82, 2.24) is 15.2 Å². The number of aryl methyl sites for hydroxylation is 1. The van der Waals surface area contributed by atoms with Crippen LogP contribution >= 0.6 is 0 Å². The first-order chi connectivity index (χ1) is 9.97. The van der Waals surface area contributed by atoms with Gasteiger partial charge in [0.25, 0.3) is 0 Å². The molecule has 1 aliphatic heterocycles. The van der Waals surface area contributed by atoms with Crippen molar-refractivity contribution < 1.29 is 9.59 Å². The van der Waals surface area contributed by atoms with Crippen LogP contribution in [0.15, 0.2) is 18.5 Å². The zero-order valence-corrected chi connectivity index (χ0v) is 12.9. The lowest BCUT2D eigenvalue weighted by Gasteiger charge is -2.25. The maximum Gasteiger partial charge on any atom is 0.245 e. The van der Waals surface area contributed by atoms with Crippen LogP contribution in [0.3, 0.4) is 0 Å². The van der Waals surface area contributed by atoms with Gasteiger partial charge in [0.1, 0.15) is 6.04 Å². The molecule has 1 aromatic rings. The van der Waals surface area contributed by atoms with Gasteiger partial charge in [-0.25, -0.2) is 0 Å². The number of pyridine rings is 1. The first-order valence-corrected chi connectivity index (χ1v) is 7.45. The fourth-order valence-corrected chi connectivity index (χ4v) is 2.57. The topological polar surface area (TPSA) is 62.3 Å². The molecule has 1 atom stereocenters.